The summed E-state index contributed by atoms with van der Waals surface area (Å²) in [7, 11) is -10.8. The number of nitrogens with zero attached hydrogens (tertiary/aromatic N) is 2. The SMILES string of the molecule is CCC(C)CCCCCCCCCCCCCCCCC(=O)OC[C@H](COP(=O)(O)OP(=O)(O)OC[C@H]1O[C@@H](n2ccc(N)nc2=O)C(O)[C@H]1O)OC(=O)CCCCCCCCCCCCC(C)CC. The molecule has 6 N–H and O–H groups in total. The quantitative estimate of drug-likeness (QED) is 0.0231. The van der Waals surface area contributed by atoms with Crippen molar-refractivity contribution in [1.82, 2.24) is 9.55 Å². The Hall–Kier alpha value is -2.24. The Bertz CT molecular complexity index is 1710. The standard InChI is InChI=1S/C50H93N3O15P2/c1-5-40(3)31-27-23-19-15-11-9-7-8-10-12-17-21-25-29-33-45(54)63-37-42(66-46(55)34-30-26-22-18-14-13-16-20-24-28-32-41(4)6-2)38-64-69(59,60)68-70(61,62)65-39-43-47(56)48(57)49(67-43)53-36-35-44(51)52-50(53)58/h35-36,40-43,47-49,56-57H,5-34,37-39H2,1-4H3,(H,59,60)(H,61,62)(H2,51,52,58)/t40?,41?,42-,43-,47+,48?,49-/m1/s1. The van der Waals surface area contributed by atoms with Gasteiger partial charge in [-0.1, -0.05) is 195 Å². The molecule has 1 aliphatic rings. The second kappa shape index (κ2) is 37.5. The number of aliphatic hydroxyl groups is 2. The van der Waals surface area contributed by atoms with Crippen molar-refractivity contribution in [3.63, 3.8) is 0 Å². The minimum absolute atomic E-state index is 0.0560. The van der Waals surface area contributed by atoms with Crippen LogP contribution in [0.4, 0.5) is 5.82 Å². The van der Waals surface area contributed by atoms with Crippen molar-refractivity contribution in [2.75, 3.05) is 25.6 Å². The van der Waals surface area contributed by atoms with Crippen LogP contribution in [0.15, 0.2) is 17.1 Å². The number of esters is 2. The van der Waals surface area contributed by atoms with Crippen LogP contribution < -0.4 is 11.4 Å². The van der Waals surface area contributed by atoms with Gasteiger partial charge < -0.3 is 39.9 Å². The number of anilines is 1. The lowest BCUT2D eigenvalue weighted by molar-refractivity contribution is -0.161. The van der Waals surface area contributed by atoms with Crippen molar-refractivity contribution in [2.24, 2.45) is 11.8 Å². The topological polar surface area (TPSA) is 265 Å². The fraction of sp³-hybridized carbons (Fsp3) is 0.880. The zero-order chi connectivity index (χ0) is 51.6. The third-order valence-corrected chi connectivity index (χ3v) is 15.9. The number of nitrogens with two attached hydrogens (primary N) is 1. The largest absolute Gasteiger partial charge is 0.481 e. The number of hydrogen-bond donors (Lipinski definition) is 5. The maximum absolute atomic E-state index is 12.9. The number of hydrogen-bond acceptors (Lipinski definition) is 15. The highest BCUT2D eigenvalue weighted by Crippen LogP contribution is 2.60. The summed E-state index contributed by atoms with van der Waals surface area (Å²) in [5.41, 5.74) is 4.60. The first kappa shape index (κ1) is 63.9. The van der Waals surface area contributed by atoms with Crippen LogP contribution in [-0.2, 0) is 46.3 Å². The Kier molecular flexibility index (Phi) is 34.2. The molecular formula is C50H93N3O15P2. The minimum atomic E-state index is -5.42. The number of phosphoric acid groups is 2. The molecule has 2 rings (SSSR count). The number of aromatic nitrogens is 2. The van der Waals surface area contributed by atoms with Gasteiger partial charge in [0.2, 0.25) is 0 Å². The summed E-state index contributed by atoms with van der Waals surface area (Å²) in [6, 6.07) is 1.25. The molecule has 1 aliphatic heterocycles. The van der Waals surface area contributed by atoms with Crippen LogP contribution in [0.1, 0.15) is 227 Å². The fourth-order valence-corrected chi connectivity index (χ4v) is 10.4. The van der Waals surface area contributed by atoms with Gasteiger partial charge in [0.25, 0.3) is 0 Å². The molecule has 0 spiro atoms. The van der Waals surface area contributed by atoms with Gasteiger partial charge in [-0.2, -0.15) is 9.29 Å². The number of nitrogen functional groups attached to an aromatic ring is 1. The second-order valence-corrected chi connectivity index (χ2v) is 22.6. The summed E-state index contributed by atoms with van der Waals surface area (Å²) in [5.74, 6) is 0.371. The number of unbranched alkanes of at least 4 members (excludes halogenated alkanes) is 22. The Morgan fingerprint density at radius 3 is 1.56 bits per heavy atom. The molecule has 1 fully saturated rings. The average molecular weight is 1040 g/mol. The molecule has 408 valence electrons. The molecule has 0 saturated carbocycles. The van der Waals surface area contributed by atoms with Crippen molar-refractivity contribution in [2.45, 2.75) is 251 Å². The molecule has 1 aromatic rings. The Labute approximate surface area is 419 Å². The van der Waals surface area contributed by atoms with E-state index < -0.39 is 83.7 Å². The zero-order valence-electron chi connectivity index (χ0n) is 43.2. The molecule has 18 nitrogen and oxygen atoms in total. The molecule has 0 bridgehead atoms. The van der Waals surface area contributed by atoms with E-state index in [4.69, 9.17) is 29.0 Å². The average Bonchev–Trinajstić information content (AvgIpc) is 3.59. The Balaban J connectivity index is 1.77. The third kappa shape index (κ3) is 30.1. The molecule has 1 aromatic heterocycles. The van der Waals surface area contributed by atoms with E-state index in [2.05, 4.69) is 37.0 Å². The van der Waals surface area contributed by atoms with Crippen molar-refractivity contribution in [3.8, 4) is 0 Å². The summed E-state index contributed by atoms with van der Waals surface area (Å²) >= 11 is 0. The van der Waals surface area contributed by atoms with Crippen molar-refractivity contribution < 1.29 is 66.3 Å². The summed E-state index contributed by atoms with van der Waals surface area (Å²) < 4.78 is 56.9. The number of carbonyl (C=O) groups excluding carboxylic acids is 2. The number of phosphoric ester groups is 2. The zero-order valence-corrected chi connectivity index (χ0v) is 45.0. The van der Waals surface area contributed by atoms with Gasteiger partial charge >= 0.3 is 33.3 Å². The molecule has 0 aliphatic carbocycles. The molecule has 1 saturated heterocycles. The number of rotatable bonds is 44. The Morgan fingerprint density at radius 1 is 0.671 bits per heavy atom. The van der Waals surface area contributed by atoms with Gasteiger partial charge in [0.15, 0.2) is 12.3 Å². The van der Waals surface area contributed by atoms with E-state index in [1.54, 1.807) is 0 Å². The van der Waals surface area contributed by atoms with E-state index in [1.165, 1.54) is 128 Å². The summed E-state index contributed by atoms with van der Waals surface area (Å²) in [6.45, 7) is 6.87. The highest BCUT2D eigenvalue weighted by atomic mass is 31.3. The van der Waals surface area contributed by atoms with Gasteiger partial charge in [-0.25, -0.2) is 13.9 Å². The summed E-state index contributed by atoms with van der Waals surface area (Å²) in [6.07, 6.45) is 26.1. The smallest absolute Gasteiger partial charge is 0.462 e. The minimum Gasteiger partial charge on any atom is -0.462 e. The molecule has 9 atom stereocenters. The predicted octanol–water partition coefficient (Wildman–Crippen LogP) is 11.2. The monoisotopic (exact) mass is 1040 g/mol. The van der Waals surface area contributed by atoms with Crippen LogP contribution in [0.3, 0.4) is 0 Å². The van der Waals surface area contributed by atoms with Crippen LogP contribution in [0.25, 0.3) is 0 Å². The van der Waals surface area contributed by atoms with Crippen LogP contribution in [0, 0.1) is 11.8 Å². The molecular weight excluding hydrogens is 945 g/mol. The lowest BCUT2D eigenvalue weighted by Crippen LogP contribution is -2.36. The maximum atomic E-state index is 12.9. The number of ether oxygens (including phenoxy) is 3. The van der Waals surface area contributed by atoms with Crippen molar-refractivity contribution in [3.05, 3.63) is 22.7 Å². The number of carbonyl (C=O) groups is 2. The van der Waals surface area contributed by atoms with E-state index in [1.807, 2.05) is 0 Å². The first-order valence-corrected chi connectivity index (χ1v) is 29.8. The molecule has 5 unspecified atom stereocenters. The summed E-state index contributed by atoms with van der Waals surface area (Å²) in [4.78, 5) is 62.0. The predicted molar refractivity (Wildman–Crippen MR) is 270 cm³/mol. The molecule has 0 amide bonds. The first-order chi connectivity index (χ1) is 33.5. The van der Waals surface area contributed by atoms with Crippen molar-refractivity contribution in [1.29, 1.82) is 0 Å². The normalized spacial score (nSPS) is 20.1. The third-order valence-electron chi connectivity index (χ3n) is 13.3. The van der Waals surface area contributed by atoms with Crippen LogP contribution in [0.2, 0.25) is 0 Å². The van der Waals surface area contributed by atoms with Crippen LogP contribution in [0.5, 0.6) is 0 Å². The van der Waals surface area contributed by atoms with Crippen molar-refractivity contribution >= 4 is 33.4 Å². The molecule has 0 aromatic carbocycles. The lowest BCUT2D eigenvalue weighted by Gasteiger charge is -2.21. The first-order valence-electron chi connectivity index (χ1n) is 26.8. The van der Waals surface area contributed by atoms with Crippen LogP contribution >= 0.6 is 15.6 Å². The van der Waals surface area contributed by atoms with Gasteiger partial charge in [0.05, 0.1) is 13.2 Å². The van der Waals surface area contributed by atoms with E-state index in [9.17, 15) is 43.5 Å². The lowest BCUT2D eigenvalue weighted by atomic mass is 9.99. The van der Waals surface area contributed by atoms with Gasteiger partial charge in [0.1, 0.15) is 30.7 Å². The molecule has 2 heterocycles. The van der Waals surface area contributed by atoms with E-state index in [0.717, 1.165) is 67.8 Å². The fourth-order valence-electron chi connectivity index (χ4n) is 8.33. The highest BCUT2D eigenvalue weighted by molar-refractivity contribution is 7.61. The van der Waals surface area contributed by atoms with Gasteiger partial charge in [0, 0.05) is 19.0 Å². The maximum Gasteiger partial charge on any atom is 0.481 e. The molecule has 20 heteroatoms. The molecule has 0 radical (unpaired) electrons. The van der Waals surface area contributed by atoms with E-state index in [-0.39, 0.29) is 18.7 Å². The summed E-state index contributed by atoms with van der Waals surface area (Å²) in [5, 5.41) is 20.9. The van der Waals surface area contributed by atoms with E-state index in [0.29, 0.717) is 12.8 Å². The highest BCUT2D eigenvalue weighted by Gasteiger charge is 2.46. The van der Waals surface area contributed by atoms with Crippen LogP contribution in [-0.4, -0.2) is 85.7 Å². The molecule has 70 heavy (non-hydrogen) atoms. The van der Waals surface area contributed by atoms with E-state index >= 15 is 0 Å². The van der Waals surface area contributed by atoms with Gasteiger partial charge in [-0.3, -0.25) is 23.2 Å². The van der Waals surface area contributed by atoms with Gasteiger partial charge in [-0.05, 0) is 30.7 Å². The second-order valence-electron chi connectivity index (χ2n) is 19.6. The Morgan fingerprint density at radius 2 is 1.10 bits per heavy atom. The van der Waals surface area contributed by atoms with Gasteiger partial charge in [-0.15, -0.1) is 0 Å². The number of aliphatic hydroxyl groups excluding tert-OH is 2.